The van der Waals surface area contributed by atoms with E-state index in [2.05, 4.69) is 0 Å². The lowest BCUT2D eigenvalue weighted by molar-refractivity contribution is -0.121. The molecule has 0 saturated carbocycles. The number of ether oxygens (including phenoxy) is 1. The van der Waals surface area contributed by atoms with Crippen LogP contribution in [0.1, 0.15) is 47.3 Å². The maximum absolute atomic E-state index is 12.1. The summed E-state index contributed by atoms with van der Waals surface area (Å²) in [6, 6.07) is 10.9. The van der Waals surface area contributed by atoms with Crippen molar-refractivity contribution in [3.05, 3.63) is 63.6 Å². The summed E-state index contributed by atoms with van der Waals surface area (Å²) in [7, 11) is 1.67. The summed E-state index contributed by atoms with van der Waals surface area (Å²) in [5, 5.41) is 10.5. The Kier molecular flexibility index (Phi) is 6.95. The smallest absolute Gasteiger partial charge is 0.265 e. The Morgan fingerprint density at radius 2 is 1.93 bits per heavy atom. The number of phenolic OH excluding ortho intramolecular Hbond substituents is 1. The normalized spacial score (nSPS) is 15.2. The van der Waals surface area contributed by atoms with E-state index in [0.29, 0.717) is 27.0 Å². The largest absolute Gasteiger partial charge is 0.507 e. The maximum Gasteiger partial charge on any atom is 0.265 e. The van der Waals surface area contributed by atoms with E-state index in [9.17, 15) is 14.7 Å². The van der Waals surface area contributed by atoms with E-state index in [0.717, 1.165) is 23.1 Å². The highest BCUT2D eigenvalue weighted by Gasteiger charge is 2.28. The van der Waals surface area contributed by atoms with Gasteiger partial charge in [0.2, 0.25) is 0 Å². The average Bonchev–Trinajstić information content (AvgIpc) is 2.96. The lowest BCUT2D eigenvalue weighted by Gasteiger charge is -2.14. The van der Waals surface area contributed by atoms with Crippen molar-refractivity contribution < 1.29 is 19.4 Å². The van der Waals surface area contributed by atoms with Gasteiger partial charge in [-0.05, 0) is 48.7 Å². The molecule has 2 aromatic carbocycles. The zero-order valence-electron chi connectivity index (χ0n) is 17.1. The monoisotopic (exact) mass is 441 g/mol. The fourth-order valence-electron chi connectivity index (χ4n) is 3.14. The van der Waals surface area contributed by atoms with Gasteiger partial charge in [-0.3, -0.25) is 14.5 Å². The predicted molar refractivity (Wildman–Crippen MR) is 124 cm³/mol. The van der Waals surface area contributed by atoms with E-state index in [1.54, 1.807) is 13.1 Å². The van der Waals surface area contributed by atoms with Gasteiger partial charge in [0.15, 0.2) is 5.78 Å². The zero-order chi connectivity index (χ0) is 21.8. The summed E-state index contributed by atoms with van der Waals surface area (Å²) in [6.45, 7) is 3.76. The van der Waals surface area contributed by atoms with Gasteiger partial charge in [-0.1, -0.05) is 55.5 Å². The number of likely N-dealkylation sites (N-methyl/N-ethyl adjacent to an activating group) is 1. The van der Waals surface area contributed by atoms with Crippen molar-refractivity contribution in [3.8, 4) is 11.5 Å². The summed E-state index contributed by atoms with van der Waals surface area (Å²) < 4.78 is 6.45. The number of hydrogen-bond acceptors (Lipinski definition) is 6. The minimum Gasteiger partial charge on any atom is -0.507 e. The summed E-state index contributed by atoms with van der Waals surface area (Å²) in [5.41, 5.74) is 2.83. The number of aromatic hydroxyl groups is 1. The summed E-state index contributed by atoms with van der Waals surface area (Å²) in [6.07, 6.45) is 3.32. The molecule has 1 aliphatic heterocycles. The second-order valence-corrected chi connectivity index (χ2v) is 8.68. The van der Waals surface area contributed by atoms with Crippen LogP contribution in [0.5, 0.6) is 11.5 Å². The third-order valence-corrected chi connectivity index (χ3v) is 6.30. The topological polar surface area (TPSA) is 66.8 Å². The van der Waals surface area contributed by atoms with E-state index in [4.69, 9.17) is 17.0 Å². The number of hydrogen-bond donors (Lipinski definition) is 1. The minimum atomic E-state index is -0.159. The molecule has 7 heteroatoms. The molecule has 2 aromatic rings. The lowest BCUT2D eigenvalue weighted by Crippen LogP contribution is -2.22. The third-order valence-electron chi connectivity index (χ3n) is 4.82. The van der Waals surface area contributed by atoms with Crippen LogP contribution in [0.3, 0.4) is 0 Å². The van der Waals surface area contributed by atoms with Gasteiger partial charge in [-0.2, -0.15) is 0 Å². The van der Waals surface area contributed by atoms with E-state index >= 15 is 0 Å². The second kappa shape index (κ2) is 9.45. The maximum atomic E-state index is 12.1. The molecule has 1 amide bonds. The van der Waals surface area contributed by atoms with Crippen LogP contribution in [0, 0.1) is 0 Å². The van der Waals surface area contributed by atoms with E-state index in [1.807, 2.05) is 43.3 Å². The lowest BCUT2D eigenvalue weighted by atomic mass is 9.97. The highest BCUT2D eigenvalue weighted by Crippen LogP contribution is 2.32. The van der Waals surface area contributed by atoms with Gasteiger partial charge in [0.1, 0.15) is 22.4 Å². The molecule has 0 radical (unpaired) electrons. The summed E-state index contributed by atoms with van der Waals surface area (Å²) >= 11 is 6.43. The molecule has 1 fully saturated rings. The number of carbonyl (C=O) groups excluding carboxylic acids is 2. The van der Waals surface area contributed by atoms with Crippen molar-refractivity contribution in [3.63, 3.8) is 0 Å². The van der Waals surface area contributed by atoms with Crippen LogP contribution in [0.4, 0.5) is 0 Å². The molecule has 5 nitrogen and oxygen atoms in total. The fraction of sp³-hybridized carbons (Fsp3) is 0.261. The van der Waals surface area contributed by atoms with Gasteiger partial charge in [-0.25, -0.2) is 0 Å². The van der Waals surface area contributed by atoms with Crippen LogP contribution >= 0.6 is 24.0 Å². The first-order valence-corrected chi connectivity index (χ1v) is 10.8. The Hall–Kier alpha value is -2.64. The van der Waals surface area contributed by atoms with Crippen LogP contribution in [0.2, 0.25) is 0 Å². The van der Waals surface area contributed by atoms with Gasteiger partial charge < -0.3 is 9.84 Å². The molecule has 1 heterocycles. The number of thioether (sulfide) groups is 1. The Morgan fingerprint density at radius 1 is 1.23 bits per heavy atom. The number of amides is 1. The van der Waals surface area contributed by atoms with E-state index < -0.39 is 0 Å². The molecular weight excluding hydrogens is 418 g/mol. The molecule has 3 rings (SSSR count). The summed E-state index contributed by atoms with van der Waals surface area (Å²) in [5.74, 6) is 0.470. The van der Waals surface area contributed by atoms with Crippen molar-refractivity contribution in [1.29, 1.82) is 0 Å². The standard InChI is InChI=1S/C23H23NO4S2/c1-4-5-19-16(8-11-18(14(2)25)21(19)26)13-28-17-9-6-15(7-10-17)12-20-22(27)24(3)23(29)30-20/h6-12,26H,4-5,13H2,1-3H3. The predicted octanol–water partition coefficient (Wildman–Crippen LogP) is 4.96. The molecule has 0 aromatic heterocycles. The first-order chi connectivity index (χ1) is 14.3. The van der Waals surface area contributed by atoms with Crippen LogP contribution in [0.15, 0.2) is 41.3 Å². The molecule has 0 spiro atoms. The first kappa shape index (κ1) is 22.1. The minimum absolute atomic E-state index is 0.0500. The van der Waals surface area contributed by atoms with Gasteiger partial charge in [0.25, 0.3) is 5.91 Å². The number of nitrogens with zero attached hydrogens (tertiary/aromatic N) is 1. The third kappa shape index (κ3) is 4.74. The number of rotatable bonds is 7. The Morgan fingerprint density at radius 3 is 2.50 bits per heavy atom. The first-order valence-electron chi connectivity index (χ1n) is 9.61. The van der Waals surface area contributed by atoms with Crippen molar-refractivity contribution >= 4 is 46.1 Å². The number of ketones is 1. The van der Waals surface area contributed by atoms with E-state index in [1.165, 1.54) is 23.6 Å². The van der Waals surface area contributed by atoms with Crippen LogP contribution in [-0.2, 0) is 17.8 Å². The van der Waals surface area contributed by atoms with Gasteiger partial charge in [0.05, 0.1) is 10.5 Å². The number of thiocarbonyl (C=S) groups is 1. The van der Waals surface area contributed by atoms with Crippen LogP contribution in [0.25, 0.3) is 6.08 Å². The Bertz CT molecular complexity index is 1030. The molecule has 30 heavy (non-hydrogen) atoms. The molecule has 1 saturated heterocycles. The quantitative estimate of drug-likeness (QED) is 0.372. The second-order valence-electron chi connectivity index (χ2n) is 7.00. The van der Waals surface area contributed by atoms with Crippen molar-refractivity contribution in [2.24, 2.45) is 0 Å². The van der Waals surface area contributed by atoms with Crippen LogP contribution < -0.4 is 4.74 Å². The average molecular weight is 442 g/mol. The number of Topliss-reactive ketones (excluding diaryl/α,β-unsaturated/α-hetero) is 1. The zero-order valence-corrected chi connectivity index (χ0v) is 18.7. The SMILES string of the molecule is CCCc1c(COc2ccc(C=C3SC(=S)N(C)C3=O)cc2)ccc(C(C)=O)c1O. The molecule has 1 aliphatic rings. The van der Waals surface area contributed by atoms with Crippen molar-refractivity contribution in [2.75, 3.05) is 7.05 Å². The molecule has 0 bridgehead atoms. The molecule has 0 aliphatic carbocycles. The van der Waals surface area contributed by atoms with Gasteiger partial charge in [-0.15, -0.1) is 0 Å². The Labute approximate surface area is 185 Å². The van der Waals surface area contributed by atoms with Gasteiger partial charge >= 0.3 is 0 Å². The molecule has 0 atom stereocenters. The van der Waals surface area contributed by atoms with Gasteiger partial charge in [0, 0.05) is 12.6 Å². The molecule has 0 unspecified atom stereocenters. The number of phenols is 1. The molecule has 156 valence electrons. The van der Waals surface area contributed by atoms with Crippen molar-refractivity contribution in [1.82, 2.24) is 4.90 Å². The fourth-order valence-corrected chi connectivity index (χ4v) is 4.32. The number of carbonyl (C=O) groups is 2. The van der Waals surface area contributed by atoms with Crippen molar-refractivity contribution in [2.45, 2.75) is 33.3 Å². The summed E-state index contributed by atoms with van der Waals surface area (Å²) in [4.78, 5) is 25.9. The van der Waals surface area contributed by atoms with Crippen LogP contribution in [-0.4, -0.2) is 33.1 Å². The molecule has 1 N–H and O–H groups in total. The van der Waals surface area contributed by atoms with E-state index in [-0.39, 0.29) is 24.0 Å². The highest BCUT2D eigenvalue weighted by atomic mass is 32.2. The highest BCUT2D eigenvalue weighted by molar-refractivity contribution is 8.26. The Balaban J connectivity index is 1.73. The molecular formula is C23H23NO4S2. The number of benzene rings is 2.